The summed E-state index contributed by atoms with van der Waals surface area (Å²) < 4.78 is 5.24. The van der Waals surface area contributed by atoms with E-state index in [4.69, 9.17) is 4.74 Å². The lowest BCUT2D eigenvalue weighted by Gasteiger charge is -2.40. The number of nitrogens with zero attached hydrogens (tertiary/aromatic N) is 1. The van der Waals surface area contributed by atoms with Gasteiger partial charge in [0.25, 0.3) is 0 Å². The normalized spacial score (nSPS) is 20.5. The molecule has 0 saturated heterocycles. The Morgan fingerprint density at radius 3 is 2.48 bits per heavy atom. The molecule has 1 unspecified atom stereocenters. The molecule has 0 bridgehead atoms. The number of benzene rings is 2. The van der Waals surface area contributed by atoms with Gasteiger partial charge in [0.05, 0.1) is 13.7 Å². The molecule has 120 valence electrons. The second-order valence-electron chi connectivity index (χ2n) is 6.15. The van der Waals surface area contributed by atoms with Crippen LogP contribution in [-0.4, -0.2) is 30.3 Å². The van der Waals surface area contributed by atoms with Crippen LogP contribution in [0.5, 0.6) is 5.75 Å². The third-order valence-corrected chi connectivity index (χ3v) is 4.56. The highest BCUT2D eigenvalue weighted by Gasteiger charge is 2.34. The maximum atomic E-state index is 10.1. The van der Waals surface area contributed by atoms with Gasteiger partial charge in [-0.1, -0.05) is 48.5 Å². The quantitative estimate of drug-likeness (QED) is 0.919. The summed E-state index contributed by atoms with van der Waals surface area (Å²) in [6, 6.07) is 18.5. The molecule has 3 heteroatoms. The Morgan fingerprint density at radius 1 is 1.09 bits per heavy atom. The zero-order chi connectivity index (χ0) is 16.1. The molecule has 0 radical (unpaired) electrons. The van der Waals surface area contributed by atoms with E-state index in [2.05, 4.69) is 53.6 Å². The van der Waals surface area contributed by atoms with Crippen molar-refractivity contribution < 1.29 is 9.84 Å². The van der Waals surface area contributed by atoms with E-state index in [0.29, 0.717) is 0 Å². The molecular formula is C20H23NO2. The smallest absolute Gasteiger partial charge is 0.118 e. The fourth-order valence-corrected chi connectivity index (χ4v) is 3.22. The van der Waals surface area contributed by atoms with Gasteiger partial charge in [-0.15, -0.1) is 0 Å². The van der Waals surface area contributed by atoms with Gasteiger partial charge in [-0.05, 0) is 35.9 Å². The number of methoxy groups -OCH3 is 1. The lowest BCUT2D eigenvalue weighted by atomic mass is 9.76. The van der Waals surface area contributed by atoms with Gasteiger partial charge < -0.3 is 14.7 Å². The van der Waals surface area contributed by atoms with Gasteiger partial charge >= 0.3 is 0 Å². The summed E-state index contributed by atoms with van der Waals surface area (Å²) in [6.45, 7) is 1.80. The van der Waals surface area contributed by atoms with Gasteiger partial charge in [-0.2, -0.15) is 0 Å². The number of aliphatic hydroxyl groups excluding tert-OH is 1. The fraction of sp³-hybridized carbons (Fsp3) is 0.300. The molecule has 3 nitrogen and oxygen atoms in total. The number of allylic oxidation sites excluding steroid dienone is 1. The summed E-state index contributed by atoms with van der Waals surface area (Å²) in [6.07, 6.45) is 5.15. The molecule has 2 aromatic rings. The first-order valence-corrected chi connectivity index (χ1v) is 7.96. The number of hydrogen-bond donors (Lipinski definition) is 1. The van der Waals surface area contributed by atoms with E-state index in [1.54, 1.807) is 7.11 Å². The van der Waals surface area contributed by atoms with Gasteiger partial charge in [0.1, 0.15) is 5.75 Å². The molecule has 1 atom stereocenters. The molecule has 1 aliphatic rings. The number of rotatable bonds is 5. The molecule has 1 heterocycles. The average molecular weight is 309 g/mol. The molecule has 0 aliphatic carbocycles. The van der Waals surface area contributed by atoms with Crippen LogP contribution in [0.25, 0.3) is 0 Å². The minimum Gasteiger partial charge on any atom is -0.497 e. The van der Waals surface area contributed by atoms with Crippen LogP contribution in [0.4, 0.5) is 0 Å². The Labute approximate surface area is 137 Å². The monoisotopic (exact) mass is 309 g/mol. The fourth-order valence-electron chi connectivity index (χ4n) is 3.22. The van der Waals surface area contributed by atoms with E-state index in [0.717, 1.165) is 30.8 Å². The number of hydrogen-bond acceptors (Lipinski definition) is 3. The third kappa shape index (κ3) is 3.40. The second-order valence-corrected chi connectivity index (χ2v) is 6.15. The van der Waals surface area contributed by atoms with Gasteiger partial charge in [-0.25, -0.2) is 0 Å². The molecule has 0 aromatic heterocycles. The Kier molecular flexibility index (Phi) is 4.68. The van der Waals surface area contributed by atoms with Crippen LogP contribution in [0.3, 0.4) is 0 Å². The Bertz CT molecular complexity index is 651. The molecule has 1 N–H and O–H groups in total. The molecule has 23 heavy (non-hydrogen) atoms. The summed E-state index contributed by atoms with van der Waals surface area (Å²) in [5.74, 6) is 0.842. The lowest BCUT2D eigenvalue weighted by Crippen LogP contribution is -2.43. The van der Waals surface area contributed by atoms with Crippen molar-refractivity contribution in [3.05, 3.63) is 78.0 Å². The zero-order valence-electron chi connectivity index (χ0n) is 13.5. The first kappa shape index (κ1) is 15.6. The topological polar surface area (TPSA) is 32.7 Å². The van der Waals surface area contributed by atoms with Crippen molar-refractivity contribution in [3.63, 3.8) is 0 Å². The van der Waals surface area contributed by atoms with Crippen LogP contribution < -0.4 is 4.74 Å². The predicted molar refractivity (Wildman–Crippen MR) is 92.4 cm³/mol. The average Bonchev–Trinajstić information content (AvgIpc) is 2.63. The van der Waals surface area contributed by atoms with Crippen LogP contribution in [0.2, 0.25) is 0 Å². The van der Waals surface area contributed by atoms with Crippen LogP contribution in [-0.2, 0) is 12.0 Å². The SMILES string of the molecule is COc1ccc(C2(CO)CC=CN(Cc3ccccc3)C2)cc1. The van der Waals surface area contributed by atoms with Crippen LogP contribution >= 0.6 is 0 Å². The molecule has 3 rings (SSSR count). The summed E-state index contributed by atoms with van der Waals surface area (Å²) in [5.41, 5.74) is 2.18. The first-order chi connectivity index (χ1) is 11.3. The Balaban J connectivity index is 1.80. The zero-order valence-corrected chi connectivity index (χ0v) is 13.5. The van der Waals surface area contributed by atoms with E-state index < -0.39 is 0 Å². The van der Waals surface area contributed by atoms with E-state index in [9.17, 15) is 5.11 Å². The van der Waals surface area contributed by atoms with E-state index in [1.165, 1.54) is 5.56 Å². The van der Waals surface area contributed by atoms with Crippen molar-refractivity contribution in [2.75, 3.05) is 20.3 Å². The predicted octanol–water partition coefficient (Wildman–Crippen LogP) is 3.34. The van der Waals surface area contributed by atoms with E-state index >= 15 is 0 Å². The number of ether oxygens (including phenoxy) is 1. The third-order valence-electron chi connectivity index (χ3n) is 4.56. The molecular weight excluding hydrogens is 286 g/mol. The van der Waals surface area contributed by atoms with Gasteiger partial charge in [-0.3, -0.25) is 0 Å². The highest BCUT2D eigenvalue weighted by Crippen LogP contribution is 2.34. The molecule has 0 spiro atoms. The minimum absolute atomic E-state index is 0.134. The molecule has 0 fully saturated rings. The molecule has 0 saturated carbocycles. The summed E-state index contributed by atoms with van der Waals surface area (Å²) >= 11 is 0. The van der Waals surface area contributed by atoms with Crippen molar-refractivity contribution >= 4 is 0 Å². The number of aliphatic hydroxyl groups is 1. The van der Waals surface area contributed by atoms with E-state index in [-0.39, 0.29) is 12.0 Å². The van der Waals surface area contributed by atoms with Crippen LogP contribution in [0, 0.1) is 0 Å². The molecule has 1 aliphatic heterocycles. The lowest BCUT2D eigenvalue weighted by molar-refractivity contribution is 0.144. The van der Waals surface area contributed by atoms with Crippen LogP contribution in [0.1, 0.15) is 17.5 Å². The highest BCUT2D eigenvalue weighted by atomic mass is 16.5. The van der Waals surface area contributed by atoms with Gasteiger partial charge in [0.15, 0.2) is 0 Å². The Hall–Kier alpha value is -2.26. The maximum absolute atomic E-state index is 10.1. The van der Waals surface area contributed by atoms with Crippen molar-refractivity contribution in [2.45, 2.75) is 18.4 Å². The Morgan fingerprint density at radius 2 is 1.83 bits per heavy atom. The standard InChI is InChI=1S/C20H23NO2/c1-23-19-10-8-18(9-11-19)20(16-22)12-5-13-21(15-20)14-17-6-3-2-4-7-17/h2-11,13,22H,12,14-16H2,1H3. The van der Waals surface area contributed by atoms with Crippen molar-refractivity contribution in [1.82, 2.24) is 4.90 Å². The van der Waals surface area contributed by atoms with Crippen molar-refractivity contribution in [2.24, 2.45) is 0 Å². The minimum atomic E-state index is -0.254. The molecule has 0 amide bonds. The first-order valence-electron chi connectivity index (χ1n) is 7.96. The second kappa shape index (κ2) is 6.88. The summed E-state index contributed by atoms with van der Waals surface area (Å²) in [7, 11) is 1.67. The van der Waals surface area contributed by atoms with Crippen LogP contribution in [0.15, 0.2) is 66.9 Å². The highest BCUT2D eigenvalue weighted by molar-refractivity contribution is 5.34. The molecule has 2 aromatic carbocycles. The maximum Gasteiger partial charge on any atom is 0.118 e. The van der Waals surface area contributed by atoms with Gasteiger partial charge in [0.2, 0.25) is 0 Å². The van der Waals surface area contributed by atoms with Gasteiger partial charge in [0, 0.05) is 18.5 Å². The summed E-state index contributed by atoms with van der Waals surface area (Å²) in [4.78, 5) is 2.28. The largest absolute Gasteiger partial charge is 0.497 e. The van der Waals surface area contributed by atoms with Crippen molar-refractivity contribution in [1.29, 1.82) is 0 Å². The summed E-state index contributed by atoms with van der Waals surface area (Å²) in [5, 5.41) is 10.1. The van der Waals surface area contributed by atoms with Crippen molar-refractivity contribution in [3.8, 4) is 5.75 Å². The van der Waals surface area contributed by atoms with E-state index in [1.807, 2.05) is 18.2 Å².